The lowest BCUT2D eigenvalue weighted by Crippen LogP contribution is -2.12. The maximum atomic E-state index is 12.3. The molecule has 1 aromatic heterocycles. The molecule has 0 fully saturated rings. The standard InChI is InChI=1S/C19H15ClN2O3S/c1-2-25-19(24)16-17(23)15(11-14-5-3-4-10-21-14)26-18(16)22-13-8-6-12(20)7-9-13/h3-11,23H,2H2,1H3. The Labute approximate surface area is 160 Å². The van der Waals surface area contributed by atoms with Gasteiger partial charge < -0.3 is 9.84 Å². The van der Waals surface area contributed by atoms with Crippen LogP contribution in [-0.2, 0) is 9.53 Å². The van der Waals surface area contributed by atoms with Gasteiger partial charge in [-0.05, 0) is 49.4 Å². The molecule has 3 rings (SSSR count). The van der Waals surface area contributed by atoms with E-state index < -0.39 is 5.97 Å². The van der Waals surface area contributed by atoms with Gasteiger partial charge in [-0.25, -0.2) is 9.79 Å². The molecule has 1 aromatic carbocycles. The van der Waals surface area contributed by atoms with Gasteiger partial charge in [0.25, 0.3) is 0 Å². The Bertz CT molecular complexity index is 906. The van der Waals surface area contributed by atoms with Crippen molar-refractivity contribution in [3.8, 4) is 0 Å². The number of pyridine rings is 1. The number of esters is 1. The Balaban J connectivity index is 2.02. The number of thioether (sulfide) groups is 1. The molecule has 132 valence electrons. The molecule has 1 N–H and O–H groups in total. The van der Waals surface area contributed by atoms with E-state index in [9.17, 15) is 9.90 Å². The largest absolute Gasteiger partial charge is 0.506 e. The summed E-state index contributed by atoms with van der Waals surface area (Å²) >= 11 is 7.08. The fourth-order valence-corrected chi connectivity index (χ4v) is 3.37. The van der Waals surface area contributed by atoms with E-state index >= 15 is 0 Å². The molecular formula is C19H15ClN2O3S. The first kappa shape index (κ1) is 18.2. The van der Waals surface area contributed by atoms with Crippen LogP contribution in [0.4, 0.5) is 5.69 Å². The van der Waals surface area contributed by atoms with Gasteiger partial charge in [0, 0.05) is 11.2 Å². The van der Waals surface area contributed by atoms with Crippen LogP contribution in [0, 0.1) is 0 Å². The molecule has 0 saturated carbocycles. The number of aromatic nitrogens is 1. The third-order valence-corrected chi connectivity index (χ3v) is 4.67. The summed E-state index contributed by atoms with van der Waals surface area (Å²) in [4.78, 5) is 21.5. The monoisotopic (exact) mass is 386 g/mol. The summed E-state index contributed by atoms with van der Waals surface area (Å²) in [7, 11) is 0. The average molecular weight is 387 g/mol. The summed E-state index contributed by atoms with van der Waals surface area (Å²) in [6.07, 6.45) is 3.35. The first-order valence-electron chi connectivity index (χ1n) is 7.84. The highest BCUT2D eigenvalue weighted by Crippen LogP contribution is 2.40. The normalized spacial score (nSPS) is 17.2. The summed E-state index contributed by atoms with van der Waals surface area (Å²) < 4.78 is 5.07. The second-order valence-corrected chi connectivity index (χ2v) is 6.67. The number of benzene rings is 1. The number of aliphatic hydroxyl groups is 1. The van der Waals surface area contributed by atoms with Gasteiger partial charge in [0.1, 0.15) is 16.4 Å². The van der Waals surface area contributed by atoms with E-state index in [0.717, 1.165) is 0 Å². The third kappa shape index (κ3) is 4.15. The molecular weight excluding hydrogens is 372 g/mol. The van der Waals surface area contributed by atoms with Gasteiger partial charge >= 0.3 is 5.97 Å². The minimum Gasteiger partial charge on any atom is -0.506 e. The van der Waals surface area contributed by atoms with Crippen LogP contribution in [0.3, 0.4) is 0 Å². The number of ether oxygens (including phenoxy) is 1. The summed E-state index contributed by atoms with van der Waals surface area (Å²) in [6, 6.07) is 12.3. The minimum absolute atomic E-state index is 0.0500. The molecule has 5 nitrogen and oxygen atoms in total. The molecule has 0 bridgehead atoms. The Morgan fingerprint density at radius 2 is 2.08 bits per heavy atom. The van der Waals surface area contributed by atoms with Gasteiger partial charge in [-0.3, -0.25) is 4.98 Å². The summed E-state index contributed by atoms with van der Waals surface area (Å²) in [5.41, 5.74) is 1.33. The lowest BCUT2D eigenvalue weighted by molar-refractivity contribution is -0.138. The smallest absolute Gasteiger partial charge is 0.344 e. The van der Waals surface area contributed by atoms with Crippen LogP contribution in [0.25, 0.3) is 6.08 Å². The van der Waals surface area contributed by atoms with Crippen molar-refractivity contribution in [3.05, 3.63) is 75.6 Å². The van der Waals surface area contributed by atoms with Crippen molar-refractivity contribution >= 4 is 46.1 Å². The molecule has 0 unspecified atom stereocenters. The van der Waals surface area contributed by atoms with Crippen LogP contribution >= 0.6 is 23.4 Å². The second kappa shape index (κ2) is 8.21. The molecule has 1 aliphatic heterocycles. The number of nitrogens with zero attached hydrogens (tertiary/aromatic N) is 2. The maximum absolute atomic E-state index is 12.3. The molecule has 7 heteroatoms. The average Bonchev–Trinajstić information content (AvgIpc) is 2.93. The zero-order chi connectivity index (χ0) is 18.5. The van der Waals surface area contributed by atoms with Crippen LogP contribution in [0.15, 0.2) is 69.9 Å². The summed E-state index contributed by atoms with van der Waals surface area (Å²) in [5.74, 6) is -0.776. The van der Waals surface area contributed by atoms with E-state index in [1.165, 1.54) is 11.8 Å². The molecule has 0 spiro atoms. The van der Waals surface area contributed by atoms with Crippen molar-refractivity contribution < 1.29 is 14.6 Å². The SMILES string of the molecule is CCOC(=O)C1=C(O)C(=Cc2ccccn2)SC1=Nc1ccc(Cl)cc1. The Morgan fingerprint density at radius 3 is 2.73 bits per heavy atom. The molecule has 0 amide bonds. The topological polar surface area (TPSA) is 71.8 Å². The summed E-state index contributed by atoms with van der Waals surface area (Å²) in [6.45, 7) is 1.91. The molecule has 0 atom stereocenters. The van der Waals surface area contributed by atoms with Crippen molar-refractivity contribution in [1.82, 2.24) is 4.98 Å². The van der Waals surface area contributed by atoms with Crippen molar-refractivity contribution in [2.24, 2.45) is 4.99 Å². The number of hydrogen-bond acceptors (Lipinski definition) is 6. The molecule has 0 radical (unpaired) electrons. The van der Waals surface area contributed by atoms with Crippen molar-refractivity contribution in [2.75, 3.05) is 6.61 Å². The van der Waals surface area contributed by atoms with E-state index in [2.05, 4.69) is 9.98 Å². The van der Waals surface area contributed by atoms with Gasteiger partial charge in [-0.15, -0.1) is 0 Å². The number of carbonyl (C=O) groups excluding carboxylic acids is 1. The van der Waals surface area contributed by atoms with Gasteiger partial charge in [-0.1, -0.05) is 29.4 Å². The quantitative estimate of drug-likeness (QED) is 0.754. The highest BCUT2D eigenvalue weighted by Gasteiger charge is 2.33. The first-order valence-corrected chi connectivity index (χ1v) is 9.04. The van der Waals surface area contributed by atoms with Crippen molar-refractivity contribution in [1.29, 1.82) is 0 Å². The fraction of sp³-hybridized carbons (Fsp3) is 0.105. The van der Waals surface area contributed by atoms with E-state index in [0.29, 0.717) is 26.4 Å². The summed E-state index contributed by atoms with van der Waals surface area (Å²) in [5, 5.41) is 11.5. The Hall–Kier alpha value is -2.57. The number of hydrogen-bond donors (Lipinski definition) is 1. The van der Waals surface area contributed by atoms with Crippen LogP contribution in [0.2, 0.25) is 5.02 Å². The molecule has 0 saturated heterocycles. The van der Waals surface area contributed by atoms with Crippen LogP contribution in [0.5, 0.6) is 0 Å². The molecule has 26 heavy (non-hydrogen) atoms. The van der Waals surface area contributed by atoms with Gasteiger partial charge in [0.2, 0.25) is 0 Å². The highest BCUT2D eigenvalue weighted by atomic mass is 35.5. The van der Waals surface area contributed by atoms with Gasteiger partial charge in [-0.2, -0.15) is 0 Å². The predicted octanol–water partition coefficient (Wildman–Crippen LogP) is 4.93. The maximum Gasteiger partial charge on any atom is 0.344 e. The third-order valence-electron chi connectivity index (χ3n) is 3.39. The minimum atomic E-state index is -0.616. The van der Waals surface area contributed by atoms with E-state index in [1.54, 1.807) is 55.6 Å². The van der Waals surface area contributed by atoms with E-state index in [-0.39, 0.29) is 17.9 Å². The Morgan fingerprint density at radius 1 is 1.31 bits per heavy atom. The van der Waals surface area contributed by atoms with Gasteiger partial charge in [0.15, 0.2) is 0 Å². The van der Waals surface area contributed by atoms with E-state index in [1.807, 2.05) is 6.07 Å². The zero-order valence-electron chi connectivity index (χ0n) is 13.8. The van der Waals surface area contributed by atoms with Crippen LogP contribution < -0.4 is 0 Å². The number of aliphatic imine (C=N–C) groups is 1. The van der Waals surface area contributed by atoms with Crippen molar-refractivity contribution in [2.45, 2.75) is 6.92 Å². The van der Waals surface area contributed by atoms with E-state index in [4.69, 9.17) is 16.3 Å². The zero-order valence-corrected chi connectivity index (χ0v) is 15.4. The second-order valence-electron chi connectivity index (χ2n) is 5.20. The van der Waals surface area contributed by atoms with Gasteiger partial charge in [0.05, 0.1) is 22.9 Å². The molecule has 2 aromatic rings. The predicted molar refractivity (Wildman–Crippen MR) is 105 cm³/mol. The highest BCUT2D eigenvalue weighted by molar-refractivity contribution is 8.18. The lowest BCUT2D eigenvalue weighted by atomic mass is 10.2. The number of carbonyl (C=O) groups is 1. The fourth-order valence-electron chi connectivity index (χ4n) is 2.22. The first-order chi connectivity index (χ1) is 12.6. The van der Waals surface area contributed by atoms with Crippen LogP contribution in [0.1, 0.15) is 12.6 Å². The molecule has 0 aliphatic carbocycles. The van der Waals surface area contributed by atoms with Crippen molar-refractivity contribution in [3.63, 3.8) is 0 Å². The molecule has 2 heterocycles. The Kier molecular flexibility index (Phi) is 5.75. The number of aliphatic hydroxyl groups excluding tert-OH is 1. The lowest BCUT2D eigenvalue weighted by Gasteiger charge is -2.03. The molecule has 1 aliphatic rings. The number of halogens is 1. The van der Waals surface area contributed by atoms with Crippen LogP contribution in [-0.4, -0.2) is 27.7 Å². The number of rotatable bonds is 4.